The Hall–Kier alpha value is -2.54. The van der Waals surface area contributed by atoms with Crippen LogP contribution < -0.4 is 5.32 Å². The van der Waals surface area contributed by atoms with Crippen molar-refractivity contribution in [2.24, 2.45) is 7.05 Å². The number of hydrogen-bond acceptors (Lipinski definition) is 4. The molecule has 0 saturated carbocycles. The van der Waals surface area contributed by atoms with Crippen molar-refractivity contribution in [2.75, 3.05) is 0 Å². The highest BCUT2D eigenvalue weighted by molar-refractivity contribution is 7.16. The maximum absolute atomic E-state index is 13.7. The summed E-state index contributed by atoms with van der Waals surface area (Å²) in [6.45, 7) is 1.85. The minimum atomic E-state index is -0.254. The van der Waals surface area contributed by atoms with Gasteiger partial charge in [0, 0.05) is 24.8 Å². The van der Waals surface area contributed by atoms with E-state index in [-0.39, 0.29) is 17.8 Å². The summed E-state index contributed by atoms with van der Waals surface area (Å²) in [5.41, 5.74) is 1.46. The highest BCUT2D eigenvalue weighted by Crippen LogP contribution is 2.24. The fourth-order valence-electron chi connectivity index (χ4n) is 2.38. The van der Waals surface area contributed by atoms with E-state index in [1.165, 1.54) is 17.4 Å². The van der Waals surface area contributed by atoms with Crippen LogP contribution in [0, 0.1) is 5.82 Å². The molecule has 0 fully saturated rings. The van der Waals surface area contributed by atoms with E-state index in [4.69, 9.17) is 0 Å². The molecule has 1 N–H and O–H groups in total. The number of halogens is 1. The molecular formula is C17H17FN4OS. The van der Waals surface area contributed by atoms with Crippen LogP contribution in [-0.2, 0) is 13.5 Å². The van der Waals surface area contributed by atoms with E-state index >= 15 is 0 Å². The molecule has 0 radical (unpaired) electrons. The molecule has 5 nitrogen and oxygen atoms in total. The first-order chi connectivity index (χ1) is 11.5. The molecule has 2 heterocycles. The maximum Gasteiger partial charge on any atom is 0.263 e. The summed E-state index contributed by atoms with van der Waals surface area (Å²) in [5, 5.41) is 7.73. The molecule has 124 valence electrons. The van der Waals surface area contributed by atoms with E-state index in [0.717, 1.165) is 10.6 Å². The quantitative estimate of drug-likeness (QED) is 0.774. The topological polar surface area (TPSA) is 59.8 Å². The molecular weight excluding hydrogens is 327 g/mol. The normalized spacial score (nSPS) is 12.1. The van der Waals surface area contributed by atoms with Crippen LogP contribution in [0.5, 0.6) is 0 Å². The Balaban J connectivity index is 1.65. The van der Waals surface area contributed by atoms with Crippen molar-refractivity contribution in [3.63, 3.8) is 0 Å². The zero-order chi connectivity index (χ0) is 17.1. The van der Waals surface area contributed by atoms with Crippen molar-refractivity contribution in [3.8, 4) is 10.6 Å². The Kier molecular flexibility index (Phi) is 4.71. The standard InChI is InChI=1S/C17H17FN4OS/c1-11(7-12-5-3-4-6-14(12)18)21-16(23)15-9-19-17(24-15)13-8-20-22(2)10-13/h3-6,8-11H,7H2,1-2H3,(H,21,23)/t11-/m0/s1. The number of benzene rings is 1. The van der Waals surface area contributed by atoms with Gasteiger partial charge in [-0.15, -0.1) is 11.3 Å². The summed E-state index contributed by atoms with van der Waals surface area (Å²) >= 11 is 1.31. The Labute approximate surface area is 143 Å². The number of thiazole rings is 1. The molecule has 1 amide bonds. The minimum Gasteiger partial charge on any atom is -0.349 e. The number of nitrogens with zero attached hydrogens (tertiary/aromatic N) is 3. The van der Waals surface area contributed by atoms with Gasteiger partial charge in [-0.25, -0.2) is 9.37 Å². The lowest BCUT2D eigenvalue weighted by atomic mass is 10.1. The van der Waals surface area contributed by atoms with Gasteiger partial charge in [-0.1, -0.05) is 18.2 Å². The molecule has 1 atom stereocenters. The Morgan fingerprint density at radius 3 is 2.88 bits per heavy atom. The first-order valence-corrected chi connectivity index (χ1v) is 8.33. The van der Waals surface area contributed by atoms with Crippen molar-refractivity contribution in [2.45, 2.75) is 19.4 Å². The third-order valence-corrected chi connectivity index (χ3v) is 4.59. The van der Waals surface area contributed by atoms with Gasteiger partial charge in [0.15, 0.2) is 0 Å². The van der Waals surface area contributed by atoms with Gasteiger partial charge in [-0.2, -0.15) is 5.10 Å². The van der Waals surface area contributed by atoms with E-state index < -0.39 is 0 Å². The number of hydrogen-bond donors (Lipinski definition) is 1. The SMILES string of the molecule is C[C@@H](Cc1ccccc1F)NC(=O)c1cnc(-c2cnn(C)c2)s1. The third-order valence-electron chi connectivity index (χ3n) is 3.54. The van der Waals surface area contributed by atoms with Gasteiger partial charge in [0.05, 0.1) is 12.4 Å². The fraction of sp³-hybridized carbons (Fsp3) is 0.235. The van der Waals surface area contributed by atoms with Gasteiger partial charge in [0.1, 0.15) is 15.7 Å². The van der Waals surface area contributed by atoms with Crippen molar-refractivity contribution in [3.05, 3.63) is 59.1 Å². The van der Waals surface area contributed by atoms with Crippen LogP contribution in [0.3, 0.4) is 0 Å². The van der Waals surface area contributed by atoms with E-state index in [0.29, 0.717) is 16.9 Å². The zero-order valence-corrected chi connectivity index (χ0v) is 14.2. The van der Waals surface area contributed by atoms with E-state index in [2.05, 4.69) is 15.4 Å². The van der Waals surface area contributed by atoms with Gasteiger partial charge in [0.2, 0.25) is 0 Å². The van der Waals surface area contributed by atoms with Gasteiger partial charge >= 0.3 is 0 Å². The smallest absolute Gasteiger partial charge is 0.263 e. The number of carbonyl (C=O) groups is 1. The van der Waals surface area contributed by atoms with E-state index in [1.54, 1.807) is 35.3 Å². The number of carbonyl (C=O) groups excluding carboxylic acids is 1. The monoisotopic (exact) mass is 344 g/mol. The second-order valence-corrected chi connectivity index (χ2v) is 6.63. The highest BCUT2D eigenvalue weighted by atomic mass is 32.1. The largest absolute Gasteiger partial charge is 0.349 e. The average Bonchev–Trinajstić information content (AvgIpc) is 3.18. The molecule has 3 aromatic rings. The molecule has 0 unspecified atom stereocenters. The minimum absolute atomic E-state index is 0.182. The first-order valence-electron chi connectivity index (χ1n) is 7.52. The number of aryl methyl sites for hydroxylation is 1. The molecule has 0 bridgehead atoms. The van der Waals surface area contributed by atoms with Crippen molar-refractivity contribution >= 4 is 17.2 Å². The fourth-order valence-corrected chi connectivity index (χ4v) is 3.18. The van der Waals surface area contributed by atoms with Crippen LogP contribution in [0.25, 0.3) is 10.6 Å². The lowest BCUT2D eigenvalue weighted by Gasteiger charge is -2.13. The molecule has 0 spiro atoms. The number of amides is 1. The van der Waals surface area contributed by atoms with Crippen molar-refractivity contribution < 1.29 is 9.18 Å². The second-order valence-electron chi connectivity index (χ2n) is 5.60. The maximum atomic E-state index is 13.7. The Bertz CT molecular complexity index is 858. The summed E-state index contributed by atoms with van der Waals surface area (Å²) in [5.74, 6) is -0.457. The predicted molar refractivity (Wildman–Crippen MR) is 91.3 cm³/mol. The molecule has 24 heavy (non-hydrogen) atoms. The molecule has 3 rings (SSSR count). The van der Waals surface area contributed by atoms with E-state index in [1.807, 2.05) is 20.2 Å². The third kappa shape index (κ3) is 3.68. The first kappa shape index (κ1) is 16.3. The molecule has 2 aromatic heterocycles. The van der Waals surface area contributed by atoms with Crippen molar-refractivity contribution in [1.82, 2.24) is 20.1 Å². The van der Waals surface area contributed by atoms with E-state index in [9.17, 15) is 9.18 Å². The Morgan fingerprint density at radius 2 is 2.17 bits per heavy atom. The van der Waals surface area contributed by atoms with Crippen LogP contribution in [0.1, 0.15) is 22.2 Å². The lowest BCUT2D eigenvalue weighted by Crippen LogP contribution is -2.33. The second kappa shape index (κ2) is 6.92. The number of rotatable bonds is 5. The van der Waals surface area contributed by atoms with Crippen LogP contribution in [0.4, 0.5) is 4.39 Å². The zero-order valence-electron chi connectivity index (χ0n) is 13.4. The van der Waals surface area contributed by atoms with Crippen LogP contribution >= 0.6 is 11.3 Å². The summed E-state index contributed by atoms with van der Waals surface area (Å²) in [6.07, 6.45) is 5.55. The van der Waals surface area contributed by atoms with Crippen LogP contribution in [0.15, 0.2) is 42.9 Å². The molecule has 1 aromatic carbocycles. The Morgan fingerprint density at radius 1 is 1.38 bits per heavy atom. The number of aromatic nitrogens is 3. The number of nitrogens with one attached hydrogen (secondary N) is 1. The van der Waals surface area contributed by atoms with Gasteiger partial charge in [0.25, 0.3) is 5.91 Å². The lowest BCUT2D eigenvalue weighted by molar-refractivity contribution is 0.0944. The highest BCUT2D eigenvalue weighted by Gasteiger charge is 2.16. The molecule has 0 saturated heterocycles. The molecule has 0 aliphatic heterocycles. The van der Waals surface area contributed by atoms with Gasteiger partial charge < -0.3 is 5.32 Å². The van der Waals surface area contributed by atoms with Gasteiger partial charge in [-0.05, 0) is 25.0 Å². The molecule has 0 aliphatic carbocycles. The van der Waals surface area contributed by atoms with Crippen LogP contribution in [0.2, 0.25) is 0 Å². The summed E-state index contributed by atoms with van der Waals surface area (Å²) in [6, 6.07) is 6.41. The average molecular weight is 344 g/mol. The summed E-state index contributed by atoms with van der Waals surface area (Å²) < 4.78 is 15.4. The molecule has 7 heteroatoms. The molecule has 0 aliphatic rings. The predicted octanol–water partition coefficient (Wildman–Crippen LogP) is 3.04. The summed E-state index contributed by atoms with van der Waals surface area (Å²) in [7, 11) is 1.83. The van der Waals surface area contributed by atoms with Gasteiger partial charge in [-0.3, -0.25) is 9.48 Å². The van der Waals surface area contributed by atoms with Crippen LogP contribution in [-0.4, -0.2) is 26.7 Å². The van der Waals surface area contributed by atoms with Crippen molar-refractivity contribution in [1.29, 1.82) is 0 Å². The summed E-state index contributed by atoms with van der Waals surface area (Å²) in [4.78, 5) is 17.1.